The molecule has 0 aliphatic carbocycles. The number of aromatic nitrogens is 4. The number of fused-ring (bicyclic) bond motifs is 2. The third-order valence-corrected chi connectivity index (χ3v) is 8.14. The average Bonchev–Trinajstić information content (AvgIpc) is 3.06. The van der Waals surface area contributed by atoms with Crippen molar-refractivity contribution in [3.63, 3.8) is 0 Å². The summed E-state index contributed by atoms with van der Waals surface area (Å²) in [6, 6.07) is 8.97. The first kappa shape index (κ1) is 24.7. The molecule has 1 aromatic carbocycles. The van der Waals surface area contributed by atoms with Gasteiger partial charge in [-0.15, -0.1) is 0 Å². The average molecular weight is 532 g/mol. The lowest BCUT2D eigenvalue weighted by Crippen LogP contribution is -2.43. The number of pyridine rings is 2. The first-order chi connectivity index (χ1) is 18.3. The molecule has 0 saturated carbocycles. The molecule has 38 heavy (non-hydrogen) atoms. The van der Waals surface area contributed by atoms with Gasteiger partial charge in [-0.3, -0.25) is 14.3 Å². The Morgan fingerprint density at radius 2 is 1.97 bits per heavy atom. The number of nitrogens with zero attached hydrogens (tertiary/aromatic N) is 5. The van der Waals surface area contributed by atoms with Gasteiger partial charge in [-0.2, -0.15) is 4.98 Å². The minimum Gasteiger partial charge on any atom is -0.489 e. The summed E-state index contributed by atoms with van der Waals surface area (Å²) < 4.78 is 9.66. The first-order valence-corrected chi connectivity index (χ1v) is 13.5. The Hall–Kier alpha value is -3.65. The third kappa shape index (κ3) is 3.73. The third-order valence-electron chi connectivity index (χ3n) is 7.76. The Balaban J connectivity index is 1.79. The summed E-state index contributed by atoms with van der Waals surface area (Å²) in [5.41, 5.74) is 3.79. The number of benzene rings is 1. The summed E-state index contributed by atoms with van der Waals surface area (Å²) in [5, 5.41) is 1.11. The van der Waals surface area contributed by atoms with E-state index in [0.29, 0.717) is 51.0 Å². The molecule has 1 atom stereocenters. The van der Waals surface area contributed by atoms with Crippen LogP contribution in [0.3, 0.4) is 0 Å². The molecular formula is C29H30ClN5O3. The first-order valence-electron chi connectivity index (χ1n) is 13.1. The minimum absolute atomic E-state index is 0.0751. The van der Waals surface area contributed by atoms with Gasteiger partial charge < -0.3 is 14.2 Å². The number of piperidine rings is 1. The van der Waals surface area contributed by atoms with Crippen LogP contribution in [0.5, 0.6) is 5.75 Å². The van der Waals surface area contributed by atoms with Crippen molar-refractivity contribution in [3.8, 4) is 22.7 Å². The zero-order chi connectivity index (χ0) is 26.7. The molecule has 0 N–H and O–H groups in total. The molecule has 2 aliphatic heterocycles. The fourth-order valence-electron chi connectivity index (χ4n) is 5.81. The molecule has 9 heteroatoms. The topological polar surface area (TPSA) is 82.2 Å². The van der Waals surface area contributed by atoms with Crippen molar-refractivity contribution in [2.24, 2.45) is 7.05 Å². The number of hydrogen-bond acceptors (Lipinski definition) is 6. The Morgan fingerprint density at radius 3 is 2.76 bits per heavy atom. The van der Waals surface area contributed by atoms with E-state index in [0.717, 1.165) is 37.1 Å². The highest BCUT2D eigenvalue weighted by Crippen LogP contribution is 2.47. The van der Waals surface area contributed by atoms with Gasteiger partial charge >= 0.3 is 5.69 Å². The second kappa shape index (κ2) is 9.27. The predicted molar refractivity (Wildman–Crippen MR) is 150 cm³/mol. The normalized spacial score (nSPS) is 16.9. The Labute approximate surface area is 225 Å². The van der Waals surface area contributed by atoms with Gasteiger partial charge in [-0.1, -0.05) is 31.5 Å². The Kier molecular flexibility index (Phi) is 6.02. The fraction of sp³-hybridized carbons (Fsp3) is 0.379. The van der Waals surface area contributed by atoms with Crippen LogP contribution >= 0.6 is 11.6 Å². The lowest BCUT2D eigenvalue weighted by molar-refractivity contribution is 0.268. The van der Waals surface area contributed by atoms with Gasteiger partial charge in [0.1, 0.15) is 12.4 Å². The maximum Gasteiger partial charge on any atom is 0.354 e. The molecule has 2 aliphatic rings. The smallest absolute Gasteiger partial charge is 0.354 e. The van der Waals surface area contributed by atoms with Crippen molar-refractivity contribution in [1.82, 2.24) is 19.1 Å². The summed E-state index contributed by atoms with van der Waals surface area (Å²) in [7, 11) is 1.71. The fourth-order valence-corrected chi connectivity index (χ4v) is 6.11. The van der Waals surface area contributed by atoms with Gasteiger partial charge in [-0.05, 0) is 55.9 Å². The van der Waals surface area contributed by atoms with E-state index in [1.165, 1.54) is 6.07 Å². The van der Waals surface area contributed by atoms with E-state index in [4.69, 9.17) is 16.3 Å². The molecule has 0 amide bonds. The number of aryl methyl sites for hydroxylation is 1. The van der Waals surface area contributed by atoms with E-state index < -0.39 is 0 Å². The Morgan fingerprint density at radius 1 is 1.16 bits per heavy atom. The van der Waals surface area contributed by atoms with Crippen LogP contribution in [0.1, 0.15) is 50.3 Å². The van der Waals surface area contributed by atoms with Crippen LogP contribution in [-0.2, 0) is 7.05 Å². The van der Waals surface area contributed by atoms with Crippen LogP contribution in [0, 0.1) is 6.92 Å². The van der Waals surface area contributed by atoms with Crippen molar-refractivity contribution in [3.05, 3.63) is 73.6 Å². The van der Waals surface area contributed by atoms with Crippen molar-refractivity contribution in [2.45, 2.75) is 52.0 Å². The van der Waals surface area contributed by atoms with E-state index in [1.54, 1.807) is 28.4 Å². The molecule has 8 nitrogen and oxygen atoms in total. The van der Waals surface area contributed by atoms with Crippen molar-refractivity contribution >= 4 is 28.3 Å². The molecule has 196 valence electrons. The van der Waals surface area contributed by atoms with E-state index in [-0.39, 0.29) is 23.2 Å². The van der Waals surface area contributed by atoms with Gasteiger partial charge in [0.25, 0.3) is 5.56 Å². The molecule has 4 aromatic rings. The highest BCUT2D eigenvalue weighted by Gasteiger charge is 2.34. The molecule has 1 saturated heterocycles. The molecule has 0 radical (unpaired) electrons. The summed E-state index contributed by atoms with van der Waals surface area (Å²) >= 11 is 7.09. The monoisotopic (exact) mass is 531 g/mol. The molecule has 6 rings (SSSR count). The number of ether oxygens (including phenoxy) is 1. The SMILES string of the molecule is Cc1ccnc(C(C)C)c1-n1c(=O)nc2c3c(c(Cl)c(-c4cccc(=O)n4C)cc31)OC[C@@H]1CCCCN21. The van der Waals surface area contributed by atoms with Gasteiger partial charge in [0.2, 0.25) is 0 Å². The molecule has 5 heterocycles. The summed E-state index contributed by atoms with van der Waals surface area (Å²) in [5.74, 6) is 1.18. The lowest BCUT2D eigenvalue weighted by Gasteiger charge is -2.35. The van der Waals surface area contributed by atoms with Gasteiger partial charge in [0, 0.05) is 31.4 Å². The second-order valence-corrected chi connectivity index (χ2v) is 10.9. The number of rotatable bonds is 3. The lowest BCUT2D eigenvalue weighted by atomic mass is 10.0. The maximum absolute atomic E-state index is 14.0. The van der Waals surface area contributed by atoms with Gasteiger partial charge in [-0.25, -0.2) is 4.79 Å². The summed E-state index contributed by atoms with van der Waals surface area (Å²) in [6.07, 6.45) is 4.84. The number of anilines is 1. The standard InChI is InChI=1S/C29H30ClN5O3/c1-16(2)25-26(17(3)11-12-31-25)35-21-14-19(20-9-7-10-22(36)33(20)4)24(30)27-23(21)28(32-29(35)37)34-13-6-5-8-18(34)15-38-27/h7,9-12,14,16,18H,5-6,8,13,15H2,1-4H3/t18-/m0/s1. The largest absolute Gasteiger partial charge is 0.489 e. The summed E-state index contributed by atoms with van der Waals surface area (Å²) in [6.45, 7) is 7.34. The maximum atomic E-state index is 14.0. The summed E-state index contributed by atoms with van der Waals surface area (Å²) in [4.78, 5) is 38.1. The van der Waals surface area contributed by atoms with Crippen molar-refractivity contribution in [2.75, 3.05) is 18.1 Å². The van der Waals surface area contributed by atoms with Gasteiger partial charge in [0.15, 0.2) is 5.75 Å². The highest BCUT2D eigenvalue weighted by molar-refractivity contribution is 6.36. The van der Waals surface area contributed by atoms with Crippen LogP contribution in [0.15, 0.2) is 46.1 Å². The van der Waals surface area contributed by atoms with Crippen LogP contribution in [0.25, 0.3) is 27.8 Å². The van der Waals surface area contributed by atoms with Crippen molar-refractivity contribution < 1.29 is 4.74 Å². The van der Waals surface area contributed by atoms with E-state index in [2.05, 4.69) is 28.7 Å². The molecule has 0 spiro atoms. The molecule has 1 fully saturated rings. The van der Waals surface area contributed by atoms with Crippen molar-refractivity contribution in [1.29, 1.82) is 0 Å². The Bertz CT molecular complexity index is 1710. The van der Waals surface area contributed by atoms with Gasteiger partial charge in [0.05, 0.1) is 39.0 Å². The molecule has 0 unspecified atom stereocenters. The zero-order valence-electron chi connectivity index (χ0n) is 22.0. The zero-order valence-corrected chi connectivity index (χ0v) is 22.7. The highest BCUT2D eigenvalue weighted by atomic mass is 35.5. The molecular weight excluding hydrogens is 502 g/mol. The quantitative estimate of drug-likeness (QED) is 0.371. The van der Waals surface area contributed by atoms with Crippen LogP contribution < -0.4 is 20.9 Å². The predicted octanol–water partition coefficient (Wildman–Crippen LogP) is 4.98. The minimum atomic E-state index is -0.377. The van der Waals surface area contributed by atoms with Crippen LogP contribution in [-0.4, -0.2) is 38.3 Å². The van der Waals surface area contributed by atoms with E-state index in [1.807, 2.05) is 25.1 Å². The van der Waals surface area contributed by atoms with Crippen LogP contribution in [0.2, 0.25) is 5.02 Å². The number of halogens is 1. The number of hydrogen-bond donors (Lipinski definition) is 0. The van der Waals surface area contributed by atoms with Crippen LogP contribution in [0.4, 0.5) is 5.82 Å². The van der Waals surface area contributed by atoms with E-state index in [9.17, 15) is 9.59 Å². The molecule has 0 bridgehead atoms. The molecule has 3 aromatic heterocycles. The van der Waals surface area contributed by atoms with E-state index >= 15 is 0 Å². The second-order valence-electron chi connectivity index (χ2n) is 10.5.